The molecule has 2 nitrogen and oxygen atoms in total. The number of hydrogen-bond acceptors (Lipinski definition) is 2. The molecule has 1 aromatic carbocycles. The molecule has 0 bridgehead atoms. The lowest BCUT2D eigenvalue weighted by molar-refractivity contribution is 0.0148. The zero-order valence-corrected chi connectivity index (χ0v) is 12.4. The fraction of sp³-hybridized carbons (Fsp3) is 0.625. The predicted molar refractivity (Wildman–Crippen MR) is 76.6 cm³/mol. The molecule has 1 aromatic rings. The monoisotopic (exact) mass is 283 g/mol. The minimum Gasteiger partial charge on any atom is -0.496 e. The van der Waals surface area contributed by atoms with Gasteiger partial charge in [-0.1, -0.05) is 11.6 Å². The van der Waals surface area contributed by atoms with Crippen molar-refractivity contribution in [2.75, 3.05) is 20.2 Å². The highest BCUT2D eigenvalue weighted by Crippen LogP contribution is 2.38. The molecule has 1 fully saturated rings. The van der Waals surface area contributed by atoms with E-state index in [2.05, 4.69) is 5.32 Å². The van der Waals surface area contributed by atoms with Crippen LogP contribution in [0.25, 0.3) is 0 Å². The Bertz CT molecular complexity index is 462. The molecule has 1 aliphatic heterocycles. The lowest BCUT2D eigenvalue weighted by Gasteiger charge is -2.25. The van der Waals surface area contributed by atoms with Gasteiger partial charge in [0.15, 0.2) is 0 Å². The van der Waals surface area contributed by atoms with Crippen LogP contribution >= 0.6 is 0 Å². The third kappa shape index (κ3) is 3.48. The maximum absolute atomic E-state index is 13.7. The number of rotatable bonds is 4. The summed E-state index contributed by atoms with van der Waals surface area (Å²) < 4.78 is 32.8. The van der Waals surface area contributed by atoms with E-state index in [0.29, 0.717) is 11.7 Å². The normalized spacial score (nSPS) is 19.9. The fourth-order valence-electron chi connectivity index (χ4n) is 2.98. The number of methoxy groups -OCH3 is 1. The Balaban J connectivity index is 2.33. The van der Waals surface area contributed by atoms with Gasteiger partial charge >= 0.3 is 0 Å². The maximum atomic E-state index is 13.7. The maximum Gasteiger partial charge on any atom is 0.274 e. The lowest BCUT2D eigenvalue weighted by Crippen LogP contribution is -2.31. The standard InChI is InChI=1S/C16H23F2NO/c1-11-7-13(9-12-5-4-6-19-10-12)15(20-3)14(8-11)16(2,17)18/h7-8,12,19H,4-6,9-10H2,1-3H3. The molecule has 0 saturated carbocycles. The molecule has 0 amide bonds. The highest BCUT2D eigenvalue weighted by atomic mass is 19.3. The summed E-state index contributed by atoms with van der Waals surface area (Å²) in [6.45, 7) is 4.79. The second kappa shape index (κ2) is 6.08. The molecule has 1 atom stereocenters. The number of aryl methyl sites for hydroxylation is 1. The molecular formula is C16H23F2NO. The Morgan fingerprint density at radius 1 is 1.40 bits per heavy atom. The van der Waals surface area contributed by atoms with Crippen LogP contribution in [0.4, 0.5) is 8.78 Å². The number of halogens is 2. The second-order valence-electron chi connectivity index (χ2n) is 5.81. The number of ether oxygens (including phenoxy) is 1. The minimum absolute atomic E-state index is 0.00114. The summed E-state index contributed by atoms with van der Waals surface area (Å²) in [4.78, 5) is 0. The Labute approximate surface area is 119 Å². The van der Waals surface area contributed by atoms with Crippen molar-refractivity contribution in [1.82, 2.24) is 5.32 Å². The van der Waals surface area contributed by atoms with Gasteiger partial charge in [-0.25, -0.2) is 8.78 Å². The lowest BCUT2D eigenvalue weighted by atomic mass is 9.89. The summed E-state index contributed by atoms with van der Waals surface area (Å²) in [6, 6.07) is 3.50. The first-order valence-corrected chi connectivity index (χ1v) is 7.18. The van der Waals surface area contributed by atoms with E-state index in [1.54, 1.807) is 0 Å². The van der Waals surface area contributed by atoms with Crippen molar-refractivity contribution in [3.05, 3.63) is 28.8 Å². The van der Waals surface area contributed by atoms with Gasteiger partial charge in [0.05, 0.1) is 12.7 Å². The summed E-state index contributed by atoms with van der Waals surface area (Å²) in [5.74, 6) is -2.02. The topological polar surface area (TPSA) is 21.3 Å². The van der Waals surface area contributed by atoms with Gasteiger partial charge in [0.2, 0.25) is 0 Å². The molecule has 1 N–H and O–H groups in total. The average molecular weight is 283 g/mol. The van der Waals surface area contributed by atoms with Gasteiger partial charge in [0, 0.05) is 6.92 Å². The molecule has 2 rings (SSSR count). The summed E-state index contributed by atoms with van der Waals surface area (Å²) in [7, 11) is 1.47. The van der Waals surface area contributed by atoms with E-state index in [0.717, 1.165) is 50.4 Å². The van der Waals surface area contributed by atoms with Crippen LogP contribution in [0, 0.1) is 12.8 Å². The van der Waals surface area contributed by atoms with E-state index in [4.69, 9.17) is 4.74 Å². The first kappa shape index (κ1) is 15.2. The smallest absolute Gasteiger partial charge is 0.274 e. The summed E-state index contributed by atoms with van der Waals surface area (Å²) >= 11 is 0. The first-order valence-electron chi connectivity index (χ1n) is 7.18. The van der Waals surface area contributed by atoms with Gasteiger partial charge in [-0.2, -0.15) is 0 Å². The van der Waals surface area contributed by atoms with Crippen molar-refractivity contribution in [2.24, 2.45) is 5.92 Å². The molecular weight excluding hydrogens is 260 g/mol. The van der Waals surface area contributed by atoms with Gasteiger partial charge in [0.25, 0.3) is 5.92 Å². The Morgan fingerprint density at radius 2 is 2.15 bits per heavy atom. The van der Waals surface area contributed by atoms with Crippen LogP contribution in [0.1, 0.15) is 36.5 Å². The van der Waals surface area contributed by atoms with Crippen molar-refractivity contribution < 1.29 is 13.5 Å². The van der Waals surface area contributed by atoms with Crippen molar-refractivity contribution in [2.45, 2.75) is 39.0 Å². The van der Waals surface area contributed by atoms with E-state index in [1.807, 2.05) is 13.0 Å². The summed E-state index contributed by atoms with van der Waals surface area (Å²) in [5, 5.41) is 3.36. The van der Waals surface area contributed by atoms with Gasteiger partial charge in [-0.15, -0.1) is 0 Å². The van der Waals surface area contributed by atoms with Crippen LogP contribution in [0.3, 0.4) is 0 Å². The van der Waals surface area contributed by atoms with Gasteiger partial charge in [-0.05, 0) is 56.8 Å². The molecule has 1 unspecified atom stereocenters. The van der Waals surface area contributed by atoms with Gasteiger partial charge in [0.1, 0.15) is 5.75 Å². The molecule has 0 aromatic heterocycles. The van der Waals surface area contributed by atoms with E-state index in [9.17, 15) is 8.78 Å². The van der Waals surface area contributed by atoms with Gasteiger partial charge < -0.3 is 10.1 Å². The first-order chi connectivity index (χ1) is 9.41. The van der Waals surface area contributed by atoms with Gasteiger partial charge in [-0.3, -0.25) is 0 Å². The fourth-order valence-corrected chi connectivity index (χ4v) is 2.98. The Morgan fingerprint density at radius 3 is 2.70 bits per heavy atom. The predicted octanol–water partition coefficient (Wildman–Crippen LogP) is 3.66. The molecule has 0 radical (unpaired) electrons. The number of piperidine rings is 1. The van der Waals surface area contributed by atoms with Crippen LogP contribution in [-0.4, -0.2) is 20.2 Å². The van der Waals surface area contributed by atoms with Crippen LogP contribution in [0.5, 0.6) is 5.75 Å². The zero-order chi connectivity index (χ0) is 14.8. The van der Waals surface area contributed by atoms with Crippen LogP contribution in [0.2, 0.25) is 0 Å². The van der Waals surface area contributed by atoms with Crippen molar-refractivity contribution in [3.63, 3.8) is 0 Å². The molecule has 1 heterocycles. The highest BCUT2D eigenvalue weighted by Gasteiger charge is 2.30. The Hall–Kier alpha value is -1.16. The molecule has 0 spiro atoms. The number of benzene rings is 1. The van der Waals surface area contributed by atoms with E-state index >= 15 is 0 Å². The Kier molecular flexibility index (Phi) is 4.63. The molecule has 0 aliphatic carbocycles. The molecule has 20 heavy (non-hydrogen) atoms. The van der Waals surface area contributed by atoms with E-state index in [-0.39, 0.29) is 5.56 Å². The molecule has 112 valence electrons. The zero-order valence-electron chi connectivity index (χ0n) is 12.4. The second-order valence-corrected chi connectivity index (χ2v) is 5.81. The third-order valence-corrected chi connectivity index (χ3v) is 3.89. The van der Waals surface area contributed by atoms with Crippen LogP contribution in [-0.2, 0) is 12.3 Å². The summed E-state index contributed by atoms with van der Waals surface area (Å²) in [5.41, 5.74) is 1.76. The number of alkyl halides is 2. The van der Waals surface area contributed by atoms with Crippen molar-refractivity contribution >= 4 is 0 Å². The number of nitrogens with one attached hydrogen (secondary N) is 1. The van der Waals surface area contributed by atoms with Crippen LogP contribution < -0.4 is 10.1 Å². The van der Waals surface area contributed by atoms with Crippen LogP contribution in [0.15, 0.2) is 12.1 Å². The summed E-state index contributed by atoms with van der Waals surface area (Å²) in [6.07, 6.45) is 3.08. The van der Waals surface area contributed by atoms with E-state index < -0.39 is 5.92 Å². The quantitative estimate of drug-likeness (QED) is 0.910. The molecule has 1 saturated heterocycles. The van der Waals surface area contributed by atoms with Crippen molar-refractivity contribution in [3.8, 4) is 5.75 Å². The molecule has 4 heteroatoms. The third-order valence-electron chi connectivity index (χ3n) is 3.89. The largest absolute Gasteiger partial charge is 0.496 e. The average Bonchev–Trinajstić information content (AvgIpc) is 2.38. The minimum atomic E-state index is -2.88. The van der Waals surface area contributed by atoms with E-state index in [1.165, 1.54) is 13.2 Å². The highest BCUT2D eigenvalue weighted by molar-refractivity contribution is 5.46. The number of hydrogen-bond donors (Lipinski definition) is 1. The molecule has 1 aliphatic rings. The SMILES string of the molecule is COc1c(CC2CCCNC2)cc(C)cc1C(C)(F)F. The van der Waals surface area contributed by atoms with Crippen molar-refractivity contribution in [1.29, 1.82) is 0 Å².